The summed E-state index contributed by atoms with van der Waals surface area (Å²) in [6.45, 7) is 2.11. The molecule has 20 heavy (non-hydrogen) atoms. The van der Waals surface area contributed by atoms with Crippen molar-refractivity contribution < 1.29 is 9.59 Å². The molecule has 1 fully saturated rings. The Balaban J connectivity index is 1.85. The standard InChI is InChI=1S/C16H22N2O2/c1-17-10-7-15(19)18-11-8-14(9-12-18)16(20)13-5-3-2-4-6-13/h2-6,14,17H,7-12H2,1H3. The average Bonchev–Trinajstić information content (AvgIpc) is 2.53. The molecule has 108 valence electrons. The van der Waals surface area contributed by atoms with Crippen LogP contribution in [0.4, 0.5) is 0 Å². The minimum atomic E-state index is 0.0609. The molecule has 1 heterocycles. The zero-order chi connectivity index (χ0) is 14.4. The number of likely N-dealkylation sites (tertiary alicyclic amines) is 1. The zero-order valence-electron chi connectivity index (χ0n) is 12.0. The van der Waals surface area contributed by atoms with Gasteiger partial charge in [-0.1, -0.05) is 30.3 Å². The van der Waals surface area contributed by atoms with E-state index in [1.807, 2.05) is 42.3 Å². The molecule has 0 aromatic heterocycles. The summed E-state index contributed by atoms with van der Waals surface area (Å²) in [5, 5.41) is 2.98. The van der Waals surface area contributed by atoms with E-state index in [0.29, 0.717) is 26.1 Å². The number of benzene rings is 1. The summed E-state index contributed by atoms with van der Waals surface area (Å²) in [5.41, 5.74) is 0.785. The molecule has 0 saturated carbocycles. The highest BCUT2D eigenvalue weighted by molar-refractivity contribution is 5.98. The molecule has 1 aromatic rings. The largest absolute Gasteiger partial charge is 0.343 e. The van der Waals surface area contributed by atoms with Crippen molar-refractivity contribution in [2.45, 2.75) is 19.3 Å². The van der Waals surface area contributed by atoms with Crippen LogP contribution in [0.1, 0.15) is 29.6 Å². The van der Waals surface area contributed by atoms with E-state index in [2.05, 4.69) is 5.32 Å². The van der Waals surface area contributed by atoms with Crippen LogP contribution in [0.3, 0.4) is 0 Å². The van der Waals surface area contributed by atoms with E-state index in [1.165, 1.54) is 0 Å². The lowest BCUT2D eigenvalue weighted by atomic mass is 9.89. The van der Waals surface area contributed by atoms with Gasteiger partial charge >= 0.3 is 0 Å². The molecule has 0 bridgehead atoms. The molecular weight excluding hydrogens is 252 g/mol. The highest BCUT2D eigenvalue weighted by Crippen LogP contribution is 2.22. The normalized spacial score (nSPS) is 16.1. The number of amides is 1. The minimum Gasteiger partial charge on any atom is -0.343 e. The Morgan fingerprint density at radius 3 is 2.45 bits per heavy atom. The predicted octanol–water partition coefficient (Wildman–Crippen LogP) is 1.72. The summed E-state index contributed by atoms with van der Waals surface area (Å²) in [6, 6.07) is 9.44. The number of hydrogen-bond donors (Lipinski definition) is 1. The van der Waals surface area contributed by atoms with Crippen molar-refractivity contribution in [2.24, 2.45) is 5.92 Å². The smallest absolute Gasteiger partial charge is 0.223 e. The molecule has 0 radical (unpaired) electrons. The number of hydrogen-bond acceptors (Lipinski definition) is 3. The quantitative estimate of drug-likeness (QED) is 0.832. The Hall–Kier alpha value is -1.68. The van der Waals surface area contributed by atoms with Crippen LogP contribution in [0.25, 0.3) is 0 Å². The van der Waals surface area contributed by atoms with Crippen molar-refractivity contribution in [2.75, 3.05) is 26.7 Å². The monoisotopic (exact) mass is 274 g/mol. The van der Waals surface area contributed by atoms with Crippen molar-refractivity contribution in [3.8, 4) is 0 Å². The van der Waals surface area contributed by atoms with Crippen LogP contribution in [0.15, 0.2) is 30.3 Å². The Kier molecular flexibility index (Phi) is 5.30. The van der Waals surface area contributed by atoms with Gasteiger partial charge in [-0.25, -0.2) is 0 Å². The van der Waals surface area contributed by atoms with Crippen molar-refractivity contribution >= 4 is 11.7 Å². The second-order valence-electron chi connectivity index (χ2n) is 5.24. The third-order valence-corrected chi connectivity index (χ3v) is 3.87. The molecule has 0 atom stereocenters. The van der Waals surface area contributed by atoms with Crippen LogP contribution in [0, 0.1) is 5.92 Å². The van der Waals surface area contributed by atoms with E-state index in [-0.39, 0.29) is 17.6 Å². The maximum atomic E-state index is 12.3. The molecule has 4 heteroatoms. The minimum absolute atomic E-state index is 0.0609. The topological polar surface area (TPSA) is 49.4 Å². The van der Waals surface area contributed by atoms with E-state index >= 15 is 0 Å². The summed E-state index contributed by atoms with van der Waals surface area (Å²) in [4.78, 5) is 26.1. The van der Waals surface area contributed by atoms with Gasteiger partial charge in [-0.3, -0.25) is 9.59 Å². The fraction of sp³-hybridized carbons (Fsp3) is 0.500. The van der Waals surface area contributed by atoms with Crippen molar-refractivity contribution in [1.82, 2.24) is 10.2 Å². The predicted molar refractivity (Wildman–Crippen MR) is 78.6 cm³/mol. The number of Topliss-reactive ketones (excluding diaryl/α,β-unsaturated/α-hetero) is 1. The van der Waals surface area contributed by atoms with Crippen LogP contribution >= 0.6 is 0 Å². The number of ketones is 1. The fourth-order valence-electron chi connectivity index (χ4n) is 2.62. The van der Waals surface area contributed by atoms with Crippen LogP contribution in [0.2, 0.25) is 0 Å². The Bertz CT molecular complexity index is 451. The maximum Gasteiger partial charge on any atom is 0.223 e. The summed E-state index contributed by atoms with van der Waals surface area (Å²) in [7, 11) is 1.85. The second kappa shape index (κ2) is 7.20. The molecule has 1 aliphatic heterocycles. The first-order chi connectivity index (χ1) is 9.72. The molecule has 1 amide bonds. The van der Waals surface area contributed by atoms with Crippen LogP contribution in [0.5, 0.6) is 0 Å². The Labute approximate surface area is 120 Å². The summed E-state index contributed by atoms with van der Waals surface area (Å²) in [6.07, 6.45) is 2.09. The van der Waals surface area contributed by atoms with Crippen molar-refractivity contribution in [3.05, 3.63) is 35.9 Å². The van der Waals surface area contributed by atoms with Gasteiger partial charge in [-0.15, -0.1) is 0 Å². The molecule has 0 unspecified atom stereocenters. The average molecular weight is 274 g/mol. The molecule has 0 aliphatic carbocycles. The van der Waals surface area contributed by atoms with E-state index < -0.39 is 0 Å². The molecule has 0 spiro atoms. The number of carbonyl (C=O) groups is 2. The summed E-state index contributed by atoms with van der Waals surface area (Å²) < 4.78 is 0. The highest BCUT2D eigenvalue weighted by atomic mass is 16.2. The first-order valence-electron chi connectivity index (χ1n) is 7.24. The van der Waals surface area contributed by atoms with Gasteiger partial charge in [0.2, 0.25) is 5.91 Å². The first-order valence-corrected chi connectivity index (χ1v) is 7.24. The third kappa shape index (κ3) is 3.67. The summed E-state index contributed by atoms with van der Waals surface area (Å²) >= 11 is 0. The Morgan fingerprint density at radius 1 is 1.20 bits per heavy atom. The number of carbonyl (C=O) groups excluding carboxylic acids is 2. The lowest BCUT2D eigenvalue weighted by molar-refractivity contribution is -0.132. The van der Waals surface area contributed by atoms with Gasteiger partial charge in [-0.2, -0.15) is 0 Å². The first kappa shape index (κ1) is 14.7. The molecular formula is C16H22N2O2. The van der Waals surface area contributed by atoms with Gasteiger partial charge in [0, 0.05) is 37.5 Å². The second-order valence-corrected chi connectivity index (χ2v) is 5.24. The van der Waals surface area contributed by atoms with Gasteiger partial charge < -0.3 is 10.2 Å². The SMILES string of the molecule is CNCCC(=O)N1CCC(C(=O)c2ccccc2)CC1. The number of nitrogens with zero attached hydrogens (tertiary/aromatic N) is 1. The number of rotatable bonds is 5. The molecule has 1 saturated heterocycles. The lowest BCUT2D eigenvalue weighted by Gasteiger charge is -2.31. The number of piperidine rings is 1. The Morgan fingerprint density at radius 2 is 1.85 bits per heavy atom. The lowest BCUT2D eigenvalue weighted by Crippen LogP contribution is -2.41. The van der Waals surface area contributed by atoms with Crippen molar-refractivity contribution in [3.63, 3.8) is 0 Å². The fourth-order valence-corrected chi connectivity index (χ4v) is 2.62. The number of nitrogens with one attached hydrogen (secondary N) is 1. The molecule has 1 aliphatic rings. The van der Waals surface area contributed by atoms with E-state index in [4.69, 9.17) is 0 Å². The van der Waals surface area contributed by atoms with Gasteiger partial charge in [0.15, 0.2) is 5.78 Å². The van der Waals surface area contributed by atoms with E-state index in [1.54, 1.807) is 0 Å². The van der Waals surface area contributed by atoms with Crippen LogP contribution < -0.4 is 5.32 Å². The molecule has 1 N–H and O–H groups in total. The molecule has 4 nitrogen and oxygen atoms in total. The van der Waals surface area contributed by atoms with Gasteiger partial charge in [-0.05, 0) is 19.9 Å². The van der Waals surface area contributed by atoms with Crippen molar-refractivity contribution in [1.29, 1.82) is 0 Å². The van der Waals surface area contributed by atoms with Gasteiger partial charge in [0.05, 0.1) is 0 Å². The molecule has 1 aromatic carbocycles. The zero-order valence-corrected chi connectivity index (χ0v) is 12.0. The molecule has 2 rings (SSSR count). The van der Waals surface area contributed by atoms with Crippen LogP contribution in [-0.2, 0) is 4.79 Å². The van der Waals surface area contributed by atoms with Gasteiger partial charge in [0.1, 0.15) is 0 Å². The van der Waals surface area contributed by atoms with Crippen LogP contribution in [-0.4, -0.2) is 43.3 Å². The van der Waals surface area contributed by atoms with E-state index in [0.717, 1.165) is 18.4 Å². The maximum absolute atomic E-state index is 12.3. The highest BCUT2D eigenvalue weighted by Gasteiger charge is 2.27. The van der Waals surface area contributed by atoms with E-state index in [9.17, 15) is 9.59 Å². The third-order valence-electron chi connectivity index (χ3n) is 3.87. The summed E-state index contributed by atoms with van der Waals surface area (Å²) in [5.74, 6) is 0.462. The van der Waals surface area contributed by atoms with Gasteiger partial charge in [0.25, 0.3) is 0 Å².